The van der Waals surface area contributed by atoms with Crippen LogP contribution >= 0.6 is 0 Å². The lowest BCUT2D eigenvalue weighted by molar-refractivity contribution is -0.154. The summed E-state index contributed by atoms with van der Waals surface area (Å²) in [6.07, 6.45) is 0. The lowest BCUT2D eigenvalue weighted by atomic mass is 9.92. The smallest absolute Gasteiger partial charge is 0.320 e. The summed E-state index contributed by atoms with van der Waals surface area (Å²) in [6.45, 7) is 5.59. The predicted octanol–water partition coefficient (Wildman–Crippen LogP) is 2.98. The van der Waals surface area contributed by atoms with Gasteiger partial charge in [0.05, 0.1) is 12.6 Å². The number of hydrogen-bond donors (Lipinski definition) is 2. The molecule has 2 aromatic carbocycles. The molecule has 2 aromatic rings. The Kier molecular flexibility index (Phi) is 7.36. The van der Waals surface area contributed by atoms with Gasteiger partial charge in [0, 0.05) is 0 Å². The molecule has 1 radical (unpaired) electrons. The minimum atomic E-state index is -1.13. The first-order valence-corrected chi connectivity index (χ1v) is 8.64. The summed E-state index contributed by atoms with van der Waals surface area (Å²) < 4.78 is 5.37. The largest absolute Gasteiger partial charge is 0.460 e. The molecule has 5 heteroatoms. The number of rotatable bonds is 8. The number of nitrogens with two attached hydrogens (primary N) is 1. The second-order valence-corrected chi connectivity index (χ2v) is 6.43. The van der Waals surface area contributed by atoms with E-state index >= 15 is 0 Å². The molecule has 0 aliphatic carbocycles. The van der Waals surface area contributed by atoms with Crippen LogP contribution in [0.2, 0.25) is 0 Å². The Bertz CT molecular complexity index is 702. The average Bonchev–Trinajstić information content (AvgIpc) is 2.66. The van der Waals surface area contributed by atoms with Gasteiger partial charge in [-0.05, 0) is 17.0 Å². The van der Waals surface area contributed by atoms with Crippen LogP contribution in [0.25, 0.3) is 0 Å². The van der Waals surface area contributed by atoms with Crippen molar-refractivity contribution in [3.8, 4) is 0 Å². The van der Waals surface area contributed by atoms with E-state index in [1.807, 2.05) is 62.4 Å². The SMILES string of the molecule is CC(C)[CH]NC(=O)C(C(=O)OCc1ccccc1)C(N)c1ccccc1. The van der Waals surface area contributed by atoms with Crippen LogP contribution in [-0.4, -0.2) is 11.9 Å². The second kappa shape index (κ2) is 9.73. The first-order chi connectivity index (χ1) is 12.5. The number of nitrogens with one attached hydrogen (secondary N) is 1. The quantitative estimate of drug-likeness (QED) is 0.565. The number of benzene rings is 2. The summed E-state index contributed by atoms with van der Waals surface area (Å²) in [6, 6.07) is 17.6. The third kappa shape index (κ3) is 5.70. The highest BCUT2D eigenvalue weighted by Crippen LogP contribution is 2.22. The van der Waals surface area contributed by atoms with Gasteiger partial charge in [0.15, 0.2) is 5.92 Å². The van der Waals surface area contributed by atoms with Crippen molar-refractivity contribution >= 4 is 11.9 Å². The zero-order chi connectivity index (χ0) is 18.9. The van der Waals surface area contributed by atoms with Crippen molar-refractivity contribution in [3.05, 3.63) is 78.3 Å². The van der Waals surface area contributed by atoms with E-state index in [2.05, 4.69) is 5.32 Å². The number of ether oxygens (including phenoxy) is 1. The Morgan fingerprint density at radius 2 is 1.62 bits per heavy atom. The average molecular weight is 353 g/mol. The third-order valence-electron chi connectivity index (χ3n) is 3.86. The number of carbonyl (C=O) groups is 2. The zero-order valence-corrected chi connectivity index (χ0v) is 15.1. The normalized spacial score (nSPS) is 13.1. The molecule has 1 amide bonds. The van der Waals surface area contributed by atoms with Crippen LogP contribution in [0.15, 0.2) is 60.7 Å². The Morgan fingerprint density at radius 1 is 1.04 bits per heavy atom. The molecule has 0 fully saturated rings. The van der Waals surface area contributed by atoms with Gasteiger partial charge in [-0.3, -0.25) is 9.59 Å². The molecule has 0 bridgehead atoms. The first kappa shape index (κ1) is 19.7. The van der Waals surface area contributed by atoms with Crippen molar-refractivity contribution in [3.63, 3.8) is 0 Å². The van der Waals surface area contributed by atoms with Crippen LogP contribution in [0, 0.1) is 18.4 Å². The highest BCUT2D eigenvalue weighted by molar-refractivity contribution is 5.99. The number of hydrogen-bond acceptors (Lipinski definition) is 4. The zero-order valence-electron chi connectivity index (χ0n) is 15.1. The Morgan fingerprint density at radius 3 is 2.19 bits per heavy atom. The van der Waals surface area contributed by atoms with Gasteiger partial charge >= 0.3 is 5.97 Å². The summed E-state index contributed by atoms with van der Waals surface area (Å²) in [4.78, 5) is 25.2. The molecule has 0 aliphatic heterocycles. The molecular formula is C21H25N2O3. The van der Waals surface area contributed by atoms with E-state index < -0.39 is 23.8 Å². The Labute approximate surface area is 154 Å². The molecule has 0 aliphatic rings. The maximum atomic E-state index is 12.6. The topological polar surface area (TPSA) is 81.4 Å². The van der Waals surface area contributed by atoms with E-state index in [0.29, 0.717) is 5.56 Å². The molecule has 3 N–H and O–H groups in total. The minimum Gasteiger partial charge on any atom is -0.460 e. The van der Waals surface area contributed by atoms with Crippen LogP contribution in [0.5, 0.6) is 0 Å². The van der Waals surface area contributed by atoms with Crippen molar-refractivity contribution < 1.29 is 14.3 Å². The van der Waals surface area contributed by atoms with Gasteiger partial charge in [0.25, 0.3) is 0 Å². The van der Waals surface area contributed by atoms with Gasteiger partial charge in [-0.25, -0.2) is 0 Å². The fourth-order valence-electron chi connectivity index (χ4n) is 2.44. The van der Waals surface area contributed by atoms with Crippen LogP contribution in [0.4, 0.5) is 0 Å². The fourth-order valence-corrected chi connectivity index (χ4v) is 2.44. The third-order valence-corrected chi connectivity index (χ3v) is 3.86. The molecule has 137 valence electrons. The molecular weight excluding hydrogens is 328 g/mol. The lowest BCUT2D eigenvalue weighted by Gasteiger charge is -2.22. The van der Waals surface area contributed by atoms with Crippen molar-refractivity contribution in [1.82, 2.24) is 5.32 Å². The summed E-state index contributed by atoms with van der Waals surface area (Å²) >= 11 is 0. The molecule has 0 saturated heterocycles. The van der Waals surface area contributed by atoms with E-state index in [0.717, 1.165) is 5.56 Å². The summed E-state index contributed by atoms with van der Waals surface area (Å²) in [5.41, 5.74) is 7.79. The summed E-state index contributed by atoms with van der Waals surface area (Å²) in [5, 5.41) is 2.67. The highest BCUT2D eigenvalue weighted by atomic mass is 16.5. The fraction of sp³-hybridized carbons (Fsp3) is 0.286. The molecule has 2 unspecified atom stereocenters. The molecule has 26 heavy (non-hydrogen) atoms. The van der Waals surface area contributed by atoms with E-state index in [4.69, 9.17) is 10.5 Å². The molecule has 5 nitrogen and oxygen atoms in total. The second-order valence-electron chi connectivity index (χ2n) is 6.43. The minimum absolute atomic E-state index is 0.0961. The maximum Gasteiger partial charge on any atom is 0.320 e. The Balaban J connectivity index is 2.13. The predicted molar refractivity (Wildman–Crippen MR) is 100 cm³/mol. The van der Waals surface area contributed by atoms with Gasteiger partial charge in [-0.15, -0.1) is 0 Å². The van der Waals surface area contributed by atoms with Gasteiger partial charge < -0.3 is 15.8 Å². The molecule has 2 atom stereocenters. The van der Waals surface area contributed by atoms with Crippen LogP contribution in [0.3, 0.4) is 0 Å². The van der Waals surface area contributed by atoms with E-state index in [-0.39, 0.29) is 12.5 Å². The maximum absolute atomic E-state index is 12.6. The van der Waals surface area contributed by atoms with E-state index in [1.54, 1.807) is 18.7 Å². The first-order valence-electron chi connectivity index (χ1n) is 8.64. The Hall–Kier alpha value is -2.66. The molecule has 0 saturated carbocycles. The van der Waals surface area contributed by atoms with Crippen molar-refractivity contribution in [1.29, 1.82) is 0 Å². The number of esters is 1. The van der Waals surface area contributed by atoms with Gasteiger partial charge in [-0.2, -0.15) is 0 Å². The lowest BCUT2D eigenvalue weighted by Crippen LogP contribution is -2.42. The monoisotopic (exact) mass is 353 g/mol. The van der Waals surface area contributed by atoms with Gasteiger partial charge in [-0.1, -0.05) is 74.5 Å². The van der Waals surface area contributed by atoms with Crippen LogP contribution in [-0.2, 0) is 20.9 Å². The van der Waals surface area contributed by atoms with Gasteiger partial charge in [0.2, 0.25) is 5.91 Å². The van der Waals surface area contributed by atoms with Crippen LogP contribution in [0.1, 0.15) is 31.0 Å². The van der Waals surface area contributed by atoms with E-state index in [9.17, 15) is 9.59 Å². The summed E-state index contributed by atoms with van der Waals surface area (Å²) in [7, 11) is 0. The number of carbonyl (C=O) groups excluding carboxylic acids is 2. The summed E-state index contributed by atoms with van der Waals surface area (Å²) in [5.74, 6) is -2.09. The molecule has 0 spiro atoms. The van der Waals surface area contributed by atoms with E-state index in [1.165, 1.54) is 0 Å². The molecule has 0 aromatic heterocycles. The van der Waals surface area contributed by atoms with Crippen molar-refractivity contribution in [2.75, 3.05) is 0 Å². The van der Waals surface area contributed by atoms with Crippen molar-refractivity contribution in [2.24, 2.45) is 17.6 Å². The standard InChI is InChI=1S/C21H25N2O3/c1-15(2)13-23-20(24)18(19(22)17-11-7-4-8-12-17)21(25)26-14-16-9-5-3-6-10-16/h3-13,15,18-19H,14,22H2,1-2H3,(H,23,24). The highest BCUT2D eigenvalue weighted by Gasteiger charge is 2.35. The van der Waals surface area contributed by atoms with Gasteiger partial charge in [0.1, 0.15) is 6.61 Å². The van der Waals surface area contributed by atoms with Crippen molar-refractivity contribution in [2.45, 2.75) is 26.5 Å². The molecule has 0 heterocycles. The molecule has 2 rings (SSSR count). The number of amides is 1. The van der Waals surface area contributed by atoms with Crippen LogP contribution < -0.4 is 11.1 Å².